The van der Waals surface area contributed by atoms with Gasteiger partial charge < -0.3 is 9.67 Å². The van der Waals surface area contributed by atoms with Crippen molar-refractivity contribution in [2.24, 2.45) is 0 Å². The van der Waals surface area contributed by atoms with Crippen molar-refractivity contribution < 1.29 is 9.50 Å². The summed E-state index contributed by atoms with van der Waals surface area (Å²) in [6.07, 6.45) is 2.69. The van der Waals surface area contributed by atoms with Gasteiger partial charge in [-0.2, -0.15) is 0 Å². The molecular formula is C17H21FN4O. The van der Waals surface area contributed by atoms with Crippen LogP contribution in [0, 0.1) is 12.7 Å². The Hall–Kier alpha value is -1.79. The molecule has 1 aromatic carbocycles. The van der Waals surface area contributed by atoms with E-state index in [0.29, 0.717) is 25.6 Å². The fraction of sp³-hybridized carbons (Fsp3) is 0.529. The average Bonchev–Trinajstić information content (AvgIpc) is 3.20. The Labute approximate surface area is 134 Å². The van der Waals surface area contributed by atoms with Crippen molar-refractivity contribution in [3.8, 4) is 0 Å². The number of benzene rings is 1. The largest absolute Gasteiger partial charge is 0.392 e. The predicted octanol–water partition coefficient (Wildman–Crippen LogP) is 2.37. The van der Waals surface area contributed by atoms with Crippen molar-refractivity contribution in [1.82, 2.24) is 19.7 Å². The Bertz CT molecular complexity index is 695. The minimum atomic E-state index is -0.358. The maximum Gasteiger partial charge on any atom is 0.147 e. The molecular weight excluding hydrogens is 295 g/mol. The number of halogens is 1. The first-order valence-corrected chi connectivity index (χ1v) is 8.20. The van der Waals surface area contributed by atoms with Gasteiger partial charge in [0.15, 0.2) is 0 Å². The lowest BCUT2D eigenvalue weighted by Crippen LogP contribution is -2.26. The van der Waals surface area contributed by atoms with E-state index in [1.807, 2.05) is 19.1 Å². The fourth-order valence-corrected chi connectivity index (χ4v) is 3.60. The number of aliphatic hydroxyl groups is 1. The summed E-state index contributed by atoms with van der Waals surface area (Å²) in [5.41, 5.74) is 1.04. The van der Waals surface area contributed by atoms with Gasteiger partial charge in [-0.3, -0.25) is 4.90 Å². The number of hydrogen-bond acceptors (Lipinski definition) is 4. The highest BCUT2D eigenvalue weighted by Gasteiger charge is 2.35. The summed E-state index contributed by atoms with van der Waals surface area (Å²) in [5, 5.41) is 18.7. The van der Waals surface area contributed by atoms with Crippen molar-refractivity contribution in [2.45, 2.75) is 50.9 Å². The van der Waals surface area contributed by atoms with Crippen molar-refractivity contribution in [3.05, 3.63) is 47.3 Å². The first-order valence-electron chi connectivity index (χ1n) is 8.20. The number of aryl methyl sites for hydroxylation is 1. The smallest absolute Gasteiger partial charge is 0.147 e. The first kappa shape index (κ1) is 14.8. The molecule has 23 heavy (non-hydrogen) atoms. The van der Waals surface area contributed by atoms with E-state index < -0.39 is 0 Å². The third kappa shape index (κ3) is 2.88. The molecule has 2 aliphatic rings. The standard InChI is InChI=1S/C17H21FN4O/c1-11-19-20-17(22(11)14-6-7-14)10-21-9-15(23)8-16(21)12-2-4-13(18)5-3-12/h2-5,14-16,23H,6-10H2,1H3/t15-,16-/m0/s1. The molecule has 0 bridgehead atoms. The van der Waals surface area contributed by atoms with Crippen LogP contribution in [0.1, 0.15) is 48.6 Å². The lowest BCUT2D eigenvalue weighted by Gasteiger charge is -2.24. The molecule has 0 unspecified atom stereocenters. The lowest BCUT2D eigenvalue weighted by atomic mass is 10.0. The van der Waals surface area contributed by atoms with E-state index >= 15 is 0 Å². The van der Waals surface area contributed by atoms with E-state index in [2.05, 4.69) is 19.7 Å². The number of hydrogen-bond donors (Lipinski definition) is 1. The van der Waals surface area contributed by atoms with Crippen molar-refractivity contribution in [2.75, 3.05) is 6.54 Å². The van der Waals surface area contributed by atoms with Gasteiger partial charge in [-0.05, 0) is 43.9 Å². The van der Waals surface area contributed by atoms with Gasteiger partial charge in [-0.1, -0.05) is 12.1 Å². The quantitative estimate of drug-likeness (QED) is 0.941. The minimum Gasteiger partial charge on any atom is -0.392 e. The Balaban J connectivity index is 1.58. The Morgan fingerprint density at radius 3 is 2.65 bits per heavy atom. The molecule has 1 saturated heterocycles. The number of aromatic nitrogens is 3. The van der Waals surface area contributed by atoms with Gasteiger partial charge in [0, 0.05) is 18.6 Å². The third-order valence-corrected chi connectivity index (χ3v) is 4.83. The number of likely N-dealkylation sites (tertiary alicyclic amines) is 1. The summed E-state index contributed by atoms with van der Waals surface area (Å²) >= 11 is 0. The molecule has 1 aliphatic heterocycles. The van der Waals surface area contributed by atoms with E-state index in [1.165, 1.54) is 25.0 Å². The van der Waals surface area contributed by atoms with E-state index in [0.717, 1.165) is 17.2 Å². The van der Waals surface area contributed by atoms with Crippen LogP contribution in [0.2, 0.25) is 0 Å². The van der Waals surface area contributed by atoms with Crippen LogP contribution in [0.25, 0.3) is 0 Å². The second kappa shape index (κ2) is 5.69. The molecule has 1 aliphatic carbocycles. The summed E-state index contributed by atoms with van der Waals surface area (Å²) in [6, 6.07) is 7.21. The van der Waals surface area contributed by atoms with Crippen LogP contribution in [0.15, 0.2) is 24.3 Å². The molecule has 0 amide bonds. The second-order valence-corrected chi connectivity index (χ2v) is 6.65. The average molecular weight is 316 g/mol. The van der Waals surface area contributed by atoms with Crippen molar-refractivity contribution in [3.63, 3.8) is 0 Å². The van der Waals surface area contributed by atoms with Crippen LogP contribution in [-0.2, 0) is 6.54 Å². The maximum atomic E-state index is 13.2. The number of nitrogens with zero attached hydrogens (tertiary/aromatic N) is 4. The van der Waals surface area contributed by atoms with Crippen molar-refractivity contribution in [1.29, 1.82) is 0 Å². The Morgan fingerprint density at radius 1 is 1.22 bits per heavy atom. The molecule has 2 aromatic rings. The van der Waals surface area contributed by atoms with E-state index in [1.54, 1.807) is 0 Å². The van der Waals surface area contributed by atoms with Gasteiger partial charge in [0.1, 0.15) is 17.5 Å². The van der Waals surface area contributed by atoms with Gasteiger partial charge in [0.05, 0.1) is 12.6 Å². The topological polar surface area (TPSA) is 54.2 Å². The van der Waals surface area contributed by atoms with Crippen LogP contribution in [0.5, 0.6) is 0 Å². The minimum absolute atomic E-state index is 0.0928. The molecule has 0 spiro atoms. The number of β-amino-alcohol motifs (C(OH)–C–C–N with tert-alkyl or cyclic N) is 1. The summed E-state index contributed by atoms with van der Waals surface area (Å²) in [4.78, 5) is 2.22. The molecule has 1 saturated carbocycles. The maximum absolute atomic E-state index is 13.2. The molecule has 1 N–H and O–H groups in total. The van der Waals surface area contributed by atoms with Crippen LogP contribution < -0.4 is 0 Å². The van der Waals surface area contributed by atoms with Gasteiger partial charge in [0.2, 0.25) is 0 Å². The van der Waals surface area contributed by atoms with Gasteiger partial charge in [0.25, 0.3) is 0 Å². The third-order valence-electron chi connectivity index (χ3n) is 4.83. The van der Waals surface area contributed by atoms with E-state index in [4.69, 9.17) is 0 Å². The molecule has 2 heterocycles. The monoisotopic (exact) mass is 316 g/mol. The first-order chi connectivity index (χ1) is 11.1. The van der Waals surface area contributed by atoms with Crippen LogP contribution >= 0.6 is 0 Å². The molecule has 6 heteroatoms. The summed E-state index contributed by atoms with van der Waals surface area (Å²) in [7, 11) is 0. The van der Waals surface area contributed by atoms with Crippen LogP contribution in [-0.4, -0.2) is 37.4 Å². The predicted molar refractivity (Wildman–Crippen MR) is 83.2 cm³/mol. The summed E-state index contributed by atoms with van der Waals surface area (Å²) < 4.78 is 15.4. The molecule has 122 valence electrons. The summed E-state index contributed by atoms with van der Waals surface area (Å²) in [6.45, 7) is 3.26. The van der Waals surface area contributed by atoms with E-state index in [9.17, 15) is 9.50 Å². The van der Waals surface area contributed by atoms with Crippen LogP contribution in [0.4, 0.5) is 4.39 Å². The highest BCUT2D eigenvalue weighted by Crippen LogP contribution is 2.38. The molecule has 1 aromatic heterocycles. The lowest BCUT2D eigenvalue weighted by molar-refractivity contribution is 0.170. The van der Waals surface area contributed by atoms with E-state index in [-0.39, 0.29) is 18.0 Å². The zero-order valence-electron chi connectivity index (χ0n) is 13.2. The summed E-state index contributed by atoms with van der Waals surface area (Å²) in [5.74, 6) is 1.69. The SMILES string of the molecule is Cc1nnc(CN2C[C@@H](O)C[C@H]2c2ccc(F)cc2)n1C1CC1. The molecule has 5 nitrogen and oxygen atoms in total. The molecule has 2 atom stereocenters. The van der Waals surface area contributed by atoms with Gasteiger partial charge in [-0.25, -0.2) is 4.39 Å². The van der Waals surface area contributed by atoms with Crippen LogP contribution in [0.3, 0.4) is 0 Å². The second-order valence-electron chi connectivity index (χ2n) is 6.65. The molecule has 4 rings (SSSR count). The van der Waals surface area contributed by atoms with Crippen molar-refractivity contribution >= 4 is 0 Å². The Morgan fingerprint density at radius 2 is 1.96 bits per heavy atom. The van der Waals surface area contributed by atoms with Gasteiger partial charge in [-0.15, -0.1) is 10.2 Å². The molecule has 2 fully saturated rings. The highest BCUT2D eigenvalue weighted by atomic mass is 19.1. The number of rotatable bonds is 4. The van der Waals surface area contributed by atoms with Gasteiger partial charge >= 0.3 is 0 Å². The molecule has 0 radical (unpaired) electrons. The zero-order valence-corrected chi connectivity index (χ0v) is 13.2. The normalized spacial score (nSPS) is 25.2. The fourth-order valence-electron chi connectivity index (χ4n) is 3.60. The Kier molecular flexibility index (Phi) is 3.66. The zero-order chi connectivity index (χ0) is 16.0. The highest BCUT2D eigenvalue weighted by molar-refractivity contribution is 5.21. The number of aliphatic hydroxyl groups excluding tert-OH is 1.